The maximum Gasteiger partial charge on any atom is 0.187 e. The normalized spacial score (nSPS) is 20.2. The van der Waals surface area contributed by atoms with E-state index < -0.39 is 0 Å². The largest absolute Gasteiger partial charge is 0.298 e. The second-order valence-corrected chi connectivity index (χ2v) is 7.67. The Morgan fingerprint density at radius 3 is 1.77 bits per heavy atom. The summed E-state index contributed by atoms with van der Waals surface area (Å²) in [5.41, 5.74) is 4.25. The third-order valence-electron chi connectivity index (χ3n) is 3.88. The summed E-state index contributed by atoms with van der Waals surface area (Å²) in [6, 6.07) is 4.19. The third-order valence-corrected chi connectivity index (χ3v) is 5.81. The molecule has 1 aliphatic heterocycles. The van der Waals surface area contributed by atoms with Crippen molar-refractivity contribution in [2.24, 2.45) is 0 Å². The number of hydrogen-bond donors (Lipinski definition) is 0. The van der Waals surface area contributed by atoms with Gasteiger partial charge in [-0.3, -0.25) is 9.69 Å². The van der Waals surface area contributed by atoms with E-state index in [-0.39, 0.29) is 5.78 Å². The molecule has 0 atom stereocenters. The summed E-state index contributed by atoms with van der Waals surface area (Å²) in [5, 5.41) is 4.15. The first-order valence-electron chi connectivity index (χ1n) is 7.27. The van der Waals surface area contributed by atoms with Gasteiger partial charge in [-0.05, 0) is 67.1 Å². The number of thiophene rings is 2. The van der Waals surface area contributed by atoms with Crippen molar-refractivity contribution in [2.45, 2.75) is 13.8 Å². The van der Waals surface area contributed by atoms with Crippen LogP contribution in [0.2, 0.25) is 0 Å². The number of rotatable bonds is 2. The molecule has 1 saturated heterocycles. The number of nitrogens with zero attached hydrogens (tertiary/aromatic N) is 1. The van der Waals surface area contributed by atoms with E-state index >= 15 is 0 Å². The number of carbonyl (C=O) groups is 1. The highest BCUT2D eigenvalue weighted by Gasteiger charge is 2.24. The molecule has 0 aliphatic carbocycles. The molecule has 1 aliphatic rings. The second-order valence-electron chi connectivity index (χ2n) is 5.78. The van der Waals surface area contributed by atoms with Crippen molar-refractivity contribution in [3.63, 3.8) is 0 Å². The second kappa shape index (κ2) is 6.32. The highest BCUT2D eigenvalue weighted by Crippen LogP contribution is 2.26. The number of hydrogen-bond acceptors (Lipinski definition) is 4. The number of aryl methyl sites for hydroxylation is 2. The maximum atomic E-state index is 12.8. The van der Waals surface area contributed by atoms with Gasteiger partial charge in [0.1, 0.15) is 0 Å². The van der Waals surface area contributed by atoms with Gasteiger partial charge < -0.3 is 0 Å². The number of carbonyl (C=O) groups excluding carboxylic acids is 1. The average Bonchev–Trinajstić information content (AvgIpc) is 3.05. The quantitative estimate of drug-likeness (QED) is 0.761. The van der Waals surface area contributed by atoms with Gasteiger partial charge in [-0.2, -0.15) is 0 Å². The number of ketones is 1. The highest BCUT2D eigenvalue weighted by atomic mass is 32.1. The van der Waals surface area contributed by atoms with Gasteiger partial charge in [-0.25, -0.2) is 0 Å². The molecule has 1 fully saturated rings. The Morgan fingerprint density at radius 1 is 0.955 bits per heavy atom. The maximum absolute atomic E-state index is 12.8. The van der Waals surface area contributed by atoms with Crippen LogP contribution in [0.15, 0.2) is 34.0 Å². The summed E-state index contributed by atoms with van der Waals surface area (Å²) in [7, 11) is 2.07. The topological polar surface area (TPSA) is 20.3 Å². The van der Waals surface area contributed by atoms with Crippen molar-refractivity contribution in [3.8, 4) is 0 Å². The van der Waals surface area contributed by atoms with E-state index in [1.807, 2.05) is 0 Å². The molecule has 0 bridgehead atoms. The summed E-state index contributed by atoms with van der Waals surface area (Å²) in [4.78, 5) is 17.4. The van der Waals surface area contributed by atoms with E-state index in [2.05, 4.69) is 60.8 Å². The molecule has 0 aromatic carbocycles. The van der Waals surface area contributed by atoms with Crippen molar-refractivity contribution >= 4 is 40.6 Å². The van der Waals surface area contributed by atoms with Crippen molar-refractivity contribution in [3.05, 3.63) is 54.9 Å². The molecule has 2 nitrogen and oxygen atoms in total. The summed E-state index contributed by atoms with van der Waals surface area (Å²) >= 11 is 3.38. The van der Waals surface area contributed by atoms with Crippen LogP contribution in [0.25, 0.3) is 12.2 Å². The van der Waals surface area contributed by atoms with Crippen LogP contribution in [0.3, 0.4) is 0 Å². The molecule has 2 aromatic rings. The number of likely N-dealkylation sites (N-methyl/N-ethyl adjacent to an activating group) is 1. The minimum Gasteiger partial charge on any atom is -0.298 e. The molecule has 114 valence electrons. The minimum atomic E-state index is 0.193. The lowest BCUT2D eigenvalue weighted by atomic mass is 9.96. The number of piperidine rings is 1. The molecule has 0 N–H and O–H groups in total. The summed E-state index contributed by atoms with van der Waals surface area (Å²) in [5.74, 6) is 0.193. The van der Waals surface area contributed by atoms with Gasteiger partial charge in [0.2, 0.25) is 0 Å². The van der Waals surface area contributed by atoms with Crippen LogP contribution in [0.4, 0.5) is 0 Å². The molecular weight excluding hydrogens is 310 g/mol. The van der Waals surface area contributed by atoms with Crippen LogP contribution < -0.4 is 0 Å². The molecule has 3 heterocycles. The smallest absolute Gasteiger partial charge is 0.187 e. The first kappa shape index (κ1) is 15.4. The molecule has 0 radical (unpaired) electrons. The molecular formula is C18H19NOS2. The van der Waals surface area contributed by atoms with E-state index in [4.69, 9.17) is 0 Å². The molecule has 0 saturated carbocycles. The lowest BCUT2D eigenvalue weighted by Crippen LogP contribution is -2.34. The third kappa shape index (κ3) is 3.14. The van der Waals surface area contributed by atoms with Gasteiger partial charge in [-0.15, -0.1) is 22.7 Å². The SMILES string of the molecule is Cc1ccsc1/C=C1/CN(C)C/C(=C\c2sccc2C)C1=O. The molecule has 0 spiro atoms. The lowest BCUT2D eigenvalue weighted by molar-refractivity contribution is -0.113. The van der Waals surface area contributed by atoms with Gasteiger partial charge in [-0.1, -0.05) is 0 Å². The predicted molar refractivity (Wildman–Crippen MR) is 96.6 cm³/mol. The standard InChI is InChI=1S/C18H19NOS2/c1-12-4-6-21-16(12)8-14-10-19(3)11-15(18(14)20)9-17-13(2)5-7-22-17/h4-9H,10-11H2,1-3H3/b14-8-,15-9+. The Balaban J connectivity index is 1.96. The Hall–Kier alpha value is -1.49. The van der Waals surface area contributed by atoms with E-state index in [1.54, 1.807) is 22.7 Å². The van der Waals surface area contributed by atoms with Gasteiger partial charge in [0.25, 0.3) is 0 Å². The summed E-state index contributed by atoms with van der Waals surface area (Å²) in [6.07, 6.45) is 4.13. The van der Waals surface area contributed by atoms with E-state index in [0.717, 1.165) is 24.2 Å². The van der Waals surface area contributed by atoms with Crippen molar-refractivity contribution in [1.82, 2.24) is 4.90 Å². The van der Waals surface area contributed by atoms with E-state index in [0.29, 0.717) is 0 Å². The van der Waals surface area contributed by atoms with Gasteiger partial charge >= 0.3 is 0 Å². The summed E-state index contributed by atoms with van der Waals surface area (Å²) < 4.78 is 0. The van der Waals surface area contributed by atoms with Crippen LogP contribution in [0.1, 0.15) is 20.9 Å². The molecule has 0 amide bonds. The zero-order chi connectivity index (χ0) is 15.7. The Bertz CT molecular complexity index is 701. The Kier molecular flexibility index (Phi) is 4.43. The van der Waals surface area contributed by atoms with Crippen molar-refractivity contribution < 1.29 is 4.79 Å². The monoisotopic (exact) mass is 329 g/mol. The van der Waals surface area contributed by atoms with E-state index in [1.165, 1.54) is 20.9 Å². The molecule has 2 aromatic heterocycles. The van der Waals surface area contributed by atoms with Crippen LogP contribution in [-0.2, 0) is 4.79 Å². The van der Waals surface area contributed by atoms with Gasteiger partial charge in [0.15, 0.2) is 5.78 Å². The molecule has 3 rings (SSSR count). The Morgan fingerprint density at radius 2 is 1.41 bits per heavy atom. The van der Waals surface area contributed by atoms with Crippen molar-refractivity contribution in [2.75, 3.05) is 20.1 Å². The minimum absolute atomic E-state index is 0.193. The van der Waals surface area contributed by atoms with Crippen LogP contribution in [0.5, 0.6) is 0 Å². The number of likely N-dealkylation sites (tertiary alicyclic amines) is 1. The van der Waals surface area contributed by atoms with Crippen LogP contribution >= 0.6 is 22.7 Å². The average molecular weight is 329 g/mol. The van der Waals surface area contributed by atoms with E-state index in [9.17, 15) is 4.79 Å². The zero-order valence-corrected chi connectivity index (χ0v) is 14.7. The summed E-state index contributed by atoms with van der Waals surface area (Å²) in [6.45, 7) is 5.62. The zero-order valence-electron chi connectivity index (χ0n) is 13.1. The van der Waals surface area contributed by atoms with Crippen LogP contribution in [-0.4, -0.2) is 30.8 Å². The molecule has 0 unspecified atom stereocenters. The fourth-order valence-corrected chi connectivity index (χ4v) is 4.36. The van der Waals surface area contributed by atoms with Crippen LogP contribution in [0, 0.1) is 13.8 Å². The Labute approximate surface area is 139 Å². The van der Waals surface area contributed by atoms with Gasteiger partial charge in [0.05, 0.1) is 0 Å². The molecule has 22 heavy (non-hydrogen) atoms. The fraction of sp³-hybridized carbons (Fsp3) is 0.278. The number of Topliss-reactive ketones (excluding diaryl/α,β-unsaturated/α-hetero) is 1. The lowest BCUT2D eigenvalue weighted by Gasteiger charge is -2.26. The van der Waals surface area contributed by atoms with Gasteiger partial charge in [0, 0.05) is 34.0 Å². The first-order valence-corrected chi connectivity index (χ1v) is 9.03. The highest BCUT2D eigenvalue weighted by molar-refractivity contribution is 7.11. The van der Waals surface area contributed by atoms with Crippen molar-refractivity contribution in [1.29, 1.82) is 0 Å². The molecule has 4 heteroatoms. The predicted octanol–water partition coefficient (Wildman–Crippen LogP) is 4.41. The fourth-order valence-electron chi connectivity index (χ4n) is 2.59. The first-order chi connectivity index (χ1) is 10.5.